The summed E-state index contributed by atoms with van der Waals surface area (Å²) in [6, 6.07) is 11.5. The van der Waals surface area contributed by atoms with Gasteiger partial charge in [0.1, 0.15) is 4.32 Å². The Morgan fingerprint density at radius 3 is 2.78 bits per heavy atom. The Hall–Kier alpha value is -2.51. The molecular formula is C20H19N3O2S2. The molecule has 0 unspecified atom stereocenters. The average Bonchev–Trinajstić information content (AvgIpc) is 2.92. The predicted octanol–water partition coefficient (Wildman–Crippen LogP) is 4.01. The van der Waals surface area contributed by atoms with Crippen LogP contribution in [0, 0.1) is 6.92 Å². The van der Waals surface area contributed by atoms with E-state index in [1.807, 2.05) is 37.3 Å². The van der Waals surface area contributed by atoms with Crippen LogP contribution in [0.3, 0.4) is 0 Å². The summed E-state index contributed by atoms with van der Waals surface area (Å²) < 4.78 is 0.533. The molecule has 0 aliphatic carbocycles. The molecule has 0 saturated carbocycles. The van der Waals surface area contributed by atoms with E-state index in [0.29, 0.717) is 34.3 Å². The lowest BCUT2D eigenvalue weighted by molar-refractivity contribution is -0.122. The molecule has 138 valence electrons. The number of carbonyl (C=O) groups excluding carboxylic acids is 2. The van der Waals surface area contributed by atoms with Gasteiger partial charge in [-0.05, 0) is 37.1 Å². The van der Waals surface area contributed by atoms with E-state index in [1.165, 1.54) is 17.3 Å². The van der Waals surface area contributed by atoms with Crippen LogP contribution in [0.15, 0.2) is 53.7 Å². The summed E-state index contributed by atoms with van der Waals surface area (Å²) in [5.74, 6) is -0.207. The molecule has 1 fully saturated rings. The largest absolute Gasteiger partial charge is 0.325 e. The maximum absolute atomic E-state index is 12.6. The molecule has 27 heavy (non-hydrogen) atoms. The zero-order chi connectivity index (χ0) is 19.2. The highest BCUT2D eigenvalue weighted by Crippen LogP contribution is 2.32. The summed E-state index contributed by atoms with van der Waals surface area (Å²) in [6.45, 7) is 2.45. The molecule has 7 heteroatoms. The van der Waals surface area contributed by atoms with E-state index in [0.717, 1.165) is 5.56 Å². The number of amides is 2. The molecule has 0 atom stereocenters. The van der Waals surface area contributed by atoms with Gasteiger partial charge < -0.3 is 5.32 Å². The Bertz CT molecular complexity index is 880. The highest BCUT2D eigenvalue weighted by atomic mass is 32.2. The van der Waals surface area contributed by atoms with Gasteiger partial charge in [-0.15, -0.1) is 0 Å². The number of thioether (sulfide) groups is 1. The zero-order valence-corrected chi connectivity index (χ0v) is 16.5. The van der Waals surface area contributed by atoms with Crippen molar-refractivity contribution in [1.82, 2.24) is 9.88 Å². The number of hydrogen-bond acceptors (Lipinski definition) is 5. The maximum Gasteiger partial charge on any atom is 0.266 e. The highest BCUT2D eigenvalue weighted by molar-refractivity contribution is 8.26. The van der Waals surface area contributed by atoms with Crippen LogP contribution >= 0.6 is 24.0 Å². The van der Waals surface area contributed by atoms with Gasteiger partial charge in [-0.25, -0.2) is 0 Å². The minimum Gasteiger partial charge on any atom is -0.325 e. The number of benzene rings is 1. The lowest BCUT2D eigenvalue weighted by Crippen LogP contribution is -2.29. The molecule has 5 nitrogen and oxygen atoms in total. The SMILES string of the molecule is Cc1ccc(C=C2SC(=S)N(CCCC(=O)Nc3cccnc3)C2=O)cc1. The van der Waals surface area contributed by atoms with Gasteiger partial charge in [0.25, 0.3) is 5.91 Å². The van der Waals surface area contributed by atoms with Gasteiger partial charge in [0.15, 0.2) is 0 Å². The molecule has 0 spiro atoms. The molecule has 1 aliphatic rings. The Morgan fingerprint density at radius 1 is 1.30 bits per heavy atom. The average molecular weight is 398 g/mol. The van der Waals surface area contributed by atoms with E-state index in [4.69, 9.17) is 12.2 Å². The number of aromatic nitrogens is 1. The third-order valence-electron chi connectivity index (χ3n) is 3.98. The smallest absolute Gasteiger partial charge is 0.266 e. The summed E-state index contributed by atoms with van der Waals surface area (Å²) in [5, 5.41) is 2.78. The molecule has 1 aromatic carbocycles. The zero-order valence-electron chi connectivity index (χ0n) is 14.8. The molecule has 1 aliphatic heterocycles. The lowest BCUT2D eigenvalue weighted by Gasteiger charge is -2.14. The number of thiocarbonyl (C=S) groups is 1. The molecule has 2 heterocycles. The molecule has 0 radical (unpaired) electrons. The van der Waals surface area contributed by atoms with Crippen LogP contribution in [-0.4, -0.2) is 32.6 Å². The minimum atomic E-state index is -0.108. The first-order valence-electron chi connectivity index (χ1n) is 8.55. The van der Waals surface area contributed by atoms with Crippen molar-refractivity contribution in [2.24, 2.45) is 0 Å². The summed E-state index contributed by atoms with van der Waals surface area (Å²) in [4.78, 5) is 30.7. The van der Waals surface area contributed by atoms with Crippen molar-refractivity contribution in [1.29, 1.82) is 0 Å². The van der Waals surface area contributed by atoms with Crippen LogP contribution in [0.4, 0.5) is 5.69 Å². The van der Waals surface area contributed by atoms with Crippen molar-refractivity contribution >= 4 is 51.9 Å². The van der Waals surface area contributed by atoms with E-state index in [9.17, 15) is 9.59 Å². The van der Waals surface area contributed by atoms with Crippen molar-refractivity contribution < 1.29 is 9.59 Å². The first-order valence-corrected chi connectivity index (χ1v) is 9.77. The summed E-state index contributed by atoms with van der Waals surface area (Å²) >= 11 is 6.64. The second-order valence-corrected chi connectivity index (χ2v) is 7.81. The fourth-order valence-electron chi connectivity index (χ4n) is 2.56. The van der Waals surface area contributed by atoms with Gasteiger partial charge >= 0.3 is 0 Å². The van der Waals surface area contributed by atoms with Crippen LogP contribution < -0.4 is 5.32 Å². The number of hydrogen-bond donors (Lipinski definition) is 1. The van der Waals surface area contributed by atoms with E-state index in [1.54, 1.807) is 29.4 Å². The van der Waals surface area contributed by atoms with Gasteiger partial charge in [-0.2, -0.15) is 0 Å². The summed E-state index contributed by atoms with van der Waals surface area (Å²) in [6.07, 6.45) is 5.94. The van der Waals surface area contributed by atoms with Gasteiger partial charge in [-0.3, -0.25) is 19.5 Å². The molecule has 0 bridgehead atoms. The summed E-state index contributed by atoms with van der Waals surface area (Å²) in [5.41, 5.74) is 2.80. The van der Waals surface area contributed by atoms with Gasteiger partial charge in [-0.1, -0.05) is 53.8 Å². The highest BCUT2D eigenvalue weighted by Gasteiger charge is 2.31. The number of anilines is 1. The lowest BCUT2D eigenvalue weighted by atomic mass is 10.1. The molecular weight excluding hydrogens is 378 g/mol. The predicted molar refractivity (Wildman–Crippen MR) is 113 cm³/mol. The monoisotopic (exact) mass is 397 g/mol. The van der Waals surface area contributed by atoms with Crippen molar-refractivity contribution in [2.75, 3.05) is 11.9 Å². The first-order chi connectivity index (χ1) is 13.0. The Kier molecular flexibility index (Phi) is 6.36. The Morgan fingerprint density at radius 2 is 2.07 bits per heavy atom. The molecule has 2 aromatic rings. The number of carbonyl (C=O) groups is 2. The minimum absolute atomic E-state index is 0.0988. The van der Waals surface area contributed by atoms with E-state index < -0.39 is 0 Å². The fourth-order valence-corrected chi connectivity index (χ4v) is 3.87. The van der Waals surface area contributed by atoms with Crippen LogP contribution in [0.25, 0.3) is 6.08 Å². The maximum atomic E-state index is 12.6. The number of aryl methyl sites for hydroxylation is 1. The van der Waals surface area contributed by atoms with Crippen molar-refractivity contribution in [3.8, 4) is 0 Å². The van der Waals surface area contributed by atoms with E-state index in [2.05, 4.69) is 10.3 Å². The van der Waals surface area contributed by atoms with E-state index in [-0.39, 0.29) is 11.8 Å². The fraction of sp³-hybridized carbons (Fsp3) is 0.200. The third kappa shape index (κ3) is 5.24. The standard InChI is InChI=1S/C20H19N3O2S2/c1-14-6-8-15(9-7-14)12-17-19(25)23(20(26)27-17)11-3-5-18(24)22-16-4-2-10-21-13-16/h2,4,6-10,12-13H,3,5,11H2,1H3,(H,22,24). The number of nitrogens with zero attached hydrogens (tertiary/aromatic N) is 2. The van der Waals surface area contributed by atoms with Gasteiger partial charge in [0.05, 0.1) is 16.8 Å². The molecule has 1 N–H and O–H groups in total. The molecule has 3 rings (SSSR count). The van der Waals surface area contributed by atoms with Crippen molar-refractivity contribution in [3.63, 3.8) is 0 Å². The molecule has 1 aromatic heterocycles. The van der Waals surface area contributed by atoms with Crippen molar-refractivity contribution in [3.05, 3.63) is 64.8 Å². The molecule has 1 saturated heterocycles. The van der Waals surface area contributed by atoms with Crippen LogP contribution in [0.5, 0.6) is 0 Å². The summed E-state index contributed by atoms with van der Waals surface area (Å²) in [7, 11) is 0. The van der Waals surface area contributed by atoms with Crippen LogP contribution in [0.1, 0.15) is 24.0 Å². The number of rotatable bonds is 6. The Labute approximate surface area is 167 Å². The van der Waals surface area contributed by atoms with Crippen LogP contribution in [0.2, 0.25) is 0 Å². The second kappa shape index (κ2) is 8.92. The quantitative estimate of drug-likeness (QED) is 0.589. The molecule has 2 amide bonds. The first kappa shape index (κ1) is 19.3. The topological polar surface area (TPSA) is 62.3 Å². The van der Waals surface area contributed by atoms with E-state index >= 15 is 0 Å². The van der Waals surface area contributed by atoms with Gasteiger partial charge in [0, 0.05) is 19.2 Å². The van der Waals surface area contributed by atoms with Crippen LogP contribution in [-0.2, 0) is 9.59 Å². The van der Waals surface area contributed by atoms with Gasteiger partial charge in [0.2, 0.25) is 5.91 Å². The Balaban J connectivity index is 1.53. The number of nitrogens with one attached hydrogen (secondary N) is 1. The third-order valence-corrected chi connectivity index (χ3v) is 5.36. The van der Waals surface area contributed by atoms with Crippen molar-refractivity contribution in [2.45, 2.75) is 19.8 Å². The number of pyridine rings is 1. The second-order valence-electron chi connectivity index (χ2n) is 6.14. The normalized spacial score (nSPS) is 15.4.